The Bertz CT molecular complexity index is 365. The number of hydrogen-bond acceptors (Lipinski definition) is 3. The summed E-state index contributed by atoms with van der Waals surface area (Å²) in [5.41, 5.74) is 5.40. The second kappa shape index (κ2) is 2.10. The summed E-state index contributed by atoms with van der Waals surface area (Å²) in [6.07, 6.45) is 5.36. The lowest BCUT2D eigenvalue weighted by molar-refractivity contribution is 0.409. The molecule has 0 atom stereocenters. The molecule has 64 valence electrons. The molecule has 2 aromatic heterocycles. The minimum Gasteiger partial charge on any atom is -0.426 e. The summed E-state index contributed by atoms with van der Waals surface area (Å²) in [5.74, 6) is 1.33. The zero-order valence-electron chi connectivity index (χ0n) is 7.11. The van der Waals surface area contributed by atoms with Crippen molar-refractivity contribution in [2.75, 3.05) is 0 Å². The number of aromatic nitrogens is 2. The summed E-state index contributed by atoms with van der Waals surface area (Å²) < 4.78 is 7.21. The van der Waals surface area contributed by atoms with Gasteiger partial charge in [0.05, 0.1) is 11.7 Å². The molecule has 2 rings (SSSR count). The molecule has 0 spiro atoms. The largest absolute Gasteiger partial charge is 0.426 e. The Balaban J connectivity index is 2.59. The third kappa shape index (κ3) is 1.00. The van der Waals surface area contributed by atoms with Gasteiger partial charge in [0, 0.05) is 12.4 Å². The van der Waals surface area contributed by atoms with Crippen molar-refractivity contribution < 1.29 is 4.42 Å². The highest BCUT2D eigenvalue weighted by Gasteiger charge is 2.19. The van der Waals surface area contributed by atoms with E-state index in [2.05, 4.69) is 4.98 Å². The highest BCUT2D eigenvalue weighted by atomic mass is 16.4. The van der Waals surface area contributed by atoms with Crippen LogP contribution in [0.1, 0.15) is 19.6 Å². The summed E-state index contributed by atoms with van der Waals surface area (Å²) in [6, 6.07) is 0. The topological polar surface area (TPSA) is 56.5 Å². The lowest BCUT2D eigenvalue weighted by atomic mass is 10.1. The van der Waals surface area contributed by atoms with E-state index in [1.807, 2.05) is 30.6 Å². The normalized spacial score (nSPS) is 12.6. The molecule has 0 aromatic carbocycles. The lowest BCUT2D eigenvalue weighted by Gasteiger charge is -2.13. The third-order valence-corrected chi connectivity index (χ3v) is 1.73. The molecule has 0 saturated carbocycles. The van der Waals surface area contributed by atoms with Crippen LogP contribution in [0.15, 0.2) is 23.0 Å². The van der Waals surface area contributed by atoms with Crippen LogP contribution in [-0.2, 0) is 5.54 Å². The molecule has 12 heavy (non-hydrogen) atoms. The third-order valence-electron chi connectivity index (χ3n) is 1.73. The number of fused-ring (bicyclic) bond motifs is 1. The van der Waals surface area contributed by atoms with Crippen LogP contribution in [0, 0.1) is 0 Å². The first-order chi connectivity index (χ1) is 5.57. The van der Waals surface area contributed by atoms with Crippen molar-refractivity contribution in [3.63, 3.8) is 0 Å². The Morgan fingerprint density at radius 3 is 2.92 bits per heavy atom. The molecule has 2 N–H and O–H groups in total. The van der Waals surface area contributed by atoms with E-state index in [1.165, 1.54) is 0 Å². The van der Waals surface area contributed by atoms with E-state index >= 15 is 0 Å². The maximum Gasteiger partial charge on any atom is 0.305 e. The first kappa shape index (κ1) is 7.36. The average molecular weight is 165 g/mol. The van der Waals surface area contributed by atoms with E-state index in [0.29, 0.717) is 5.84 Å². The van der Waals surface area contributed by atoms with Crippen LogP contribution in [-0.4, -0.2) is 9.38 Å². The number of rotatable bonds is 1. The van der Waals surface area contributed by atoms with E-state index in [4.69, 9.17) is 10.2 Å². The van der Waals surface area contributed by atoms with Crippen molar-refractivity contribution in [2.24, 2.45) is 5.73 Å². The van der Waals surface area contributed by atoms with Crippen LogP contribution in [0.5, 0.6) is 0 Å². The molecule has 0 saturated heterocycles. The summed E-state index contributed by atoms with van der Waals surface area (Å²) >= 11 is 0. The van der Waals surface area contributed by atoms with E-state index < -0.39 is 5.54 Å². The number of nitrogens with two attached hydrogens (primary N) is 1. The highest BCUT2D eigenvalue weighted by molar-refractivity contribution is 5.26. The van der Waals surface area contributed by atoms with Gasteiger partial charge in [-0.25, -0.2) is 4.98 Å². The quantitative estimate of drug-likeness (QED) is 0.688. The number of hydrogen-bond donors (Lipinski definition) is 1. The molecule has 0 aliphatic carbocycles. The van der Waals surface area contributed by atoms with Gasteiger partial charge in [-0.3, -0.25) is 4.40 Å². The standard InChI is InChI=1S/C8H11N3O/c1-8(2,9)6-5-11-4-3-10-7(11)12-6/h3-5H,9H2,1-2H3. The molecule has 4 nitrogen and oxygen atoms in total. The van der Waals surface area contributed by atoms with Crippen molar-refractivity contribution in [1.29, 1.82) is 0 Å². The van der Waals surface area contributed by atoms with Crippen LogP contribution in [0.25, 0.3) is 5.84 Å². The van der Waals surface area contributed by atoms with Gasteiger partial charge >= 0.3 is 5.84 Å². The molecule has 2 aromatic rings. The Labute approximate surface area is 70.0 Å². The predicted octanol–water partition coefficient (Wildman–Crippen LogP) is 1.12. The Hall–Kier alpha value is -1.29. The van der Waals surface area contributed by atoms with E-state index in [9.17, 15) is 0 Å². The van der Waals surface area contributed by atoms with Crippen molar-refractivity contribution in [3.05, 3.63) is 24.4 Å². The summed E-state index contributed by atoms with van der Waals surface area (Å²) in [5, 5.41) is 0. The fraction of sp³-hybridized carbons (Fsp3) is 0.375. The molecule has 0 radical (unpaired) electrons. The van der Waals surface area contributed by atoms with Gasteiger partial charge in [0.1, 0.15) is 5.76 Å². The first-order valence-corrected chi connectivity index (χ1v) is 3.79. The number of nitrogens with zero attached hydrogens (tertiary/aromatic N) is 2. The second-order valence-corrected chi connectivity index (χ2v) is 3.43. The van der Waals surface area contributed by atoms with Gasteiger partial charge < -0.3 is 10.2 Å². The van der Waals surface area contributed by atoms with Crippen molar-refractivity contribution >= 4 is 5.84 Å². The van der Waals surface area contributed by atoms with Crippen LogP contribution in [0.2, 0.25) is 0 Å². The zero-order chi connectivity index (χ0) is 8.77. The van der Waals surface area contributed by atoms with Gasteiger partial charge in [0.15, 0.2) is 0 Å². The van der Waals surface area contributed by atoms with E-state index in [-0.39, 0.29) is 0 Å². The highest BCUT2D eigenvalue weighted by Crippen LogP contribution is 2.19. The number of oxazole rings is 1. The van der Waals surface area contributed by atoms with Crippen molar-refractivity contribution in [1.82, 2.24) is 9.38 Å². The smallest absolute Gasteiger partial charge is 0.305 e. The Kier molecular flexibility index (Phi) is 1.29. The Morgan fingerprint density at radius 1 is 1.58 bits per heavy atom. The zero-order valence-corrected chi connectivity index (χ0v) is 7.11. The first-order valence-electron chi connectivity index (χ1n) is 3.79. The van der Waals surface area contributed by atoms with Gasteiger partial charge in [-0.2, -0.15) is 0 Å². The SMILES string of the molecule is CC(C)(N)c1cn2ccnc2o1. The molecular formula is C8H11N3O. The molecule has 0 fully saturated rings. The van der Waals surface area contributed by atoms with Crippen LogP contribution in [0.3, 0.4) is 0 Å². The van der Waals surface area contributed by atoms with Gasteiger partial charge in [-0.05, 0) is 13.8 Å². The van der Waals surface area contributed by atoms with Gasteiger partial charge in [-0.15, -0.1) is 0 Å². The van der Waals surface area contributed by atoms with Crippen molar-refractivity contribution in [3.8, 4) is 0 Å². The fourth-order valence-electron chi connectivity index (χ4n) is 1.03. The minimum absolute atomic E-state index is 0.444. The van der Waals surface area contributed by atoms with Crippen LogP contribution in [0.4, 0.5) is 0 Å². The minimum atomic E-state index is -0.444. The van der Waals surface area contributed by atoms with Crippen LogP contribution < -0.4 is 5.73 Å². The Morgan fingerprint density at radius 2 is 2.33 bits per heavy atom. The molecule has 2 heterocycles. The molecule has 0 aliphatic rings. The predicted molar refractivity (Wildman–Crippen MR) is 44.7 cm³/mol. The monoisotopic (exact) mass is 165 g/mol. The summed E-state index contributed by atoms with van der Waals surface area (Å²) in [7, 11) is 0. The summed E-state index contributed by atoms with van der Waals surface area (Å²) in [4.78, 5) is 3.99. The maximum atomic E-state index is 5.84. The van der Waals surface area contributed by atoms with Gasteiger partial charge in [-0.1, -0.05) is 0 Å². The summed E-state index contributed by atoms with van der Waals surface area (Å²) in [6.45, 7) is 3.79. The molecule has 4 heteroatoms. The lowest BCUT2D eigenvalue weighted by Crippen LogP contribution is -2.27. The van der Waals surface area contributed by atoms with Crippen molar-refractivity contribution in [2.45, 2.75) is 19.4 Å². The van der Waals surface area contributed by atoms with Gasteiger partial charge in [0.25, 0.3) is 0 Å². The molecule has 0 unspecified atom stereocenters. The molecule has 0 amide bonds. The van der Waals surface area contributed by atoms with Gasteiger partial charge in [0.2, 0.25) is 0 Å². The number of imidazole rings is 1. The maximum absolute atomic E-state index is 5.84. The van der Waals surface area contributed by atoms with E-state index in [0.717, 1.165) is 5.76 Å². The molecule has 0 bridgehead atoms. The second-order valence-electron chi connectivity index (χ2n) is 3.43. The molecule has 0 aliphatic heterocycles. The molecular weight excluding hydrogens is 154 g/mol. The fourth-order valence-corrected chi connectivity index (χ4v) is 1.03. The van der Waals surface area contributed by atoms with E-state index in [1.54, 1.807) is 6.20 Å². The average Bonchev–Trinajstić information content (AvgIpc) is 2.37. The van der Waals surface area contributed by atoms with Crippen LogP contribution >= 0.6 is 0 Å².